The molecule has 4 nitrogen and oxygen atoms in total. The number of carbonyl (C=O) groups is 1. The lowest BCUT2D eigenvalue weighted by Crippen LogP contribution is -2.12. The zero-order valence-corrected chi connectivity index (χ0v) is 14.7. The van der Waals surface area contributed by atoms with E-state index in [-0.39, 0.29) is 11.7 Å². The van der Waals surface area contributed by atoms with E-state index in [1.165, 1.54) is 29.8 Å². The first-order valence-corrected chi connectivity index (χ1v) is 8.41. The van der Waals surface area contributed by atoms with Crippen LogP contribution in [0.1, 0.15) is 35.7 Å². The molecule has 0 unspecified atom stereocenters. The number of benzene rings is 2. The van der Waals surface area contributed by atoms with Crippen LogP contribution in [-0.4, -0.2) is 10.9 Å². The molecule has 0 atom stereocenters. The summed E-state index contributed by atoms with van der Waals surface area (Å²) in [7, 11) is 0. The number of carbonyl (C=O) groups excluding carboxylic acids is 1. The molecule has 3 aromatic rings. The van der Waals surface area contributed by atoms with Crippen LogP contribution < -0.4 is 10.6 Å². The van der Waals surface area contributed by atoms with Crippen molar-refractivity contribution in [3.8, 4) is 0 Å². The maximum atomic E-state index is 12.9. The fourth-order valence-corrected chi connectivity index (χ4v) is 2.45. The van der Waals surface area contributed by atoms with Gasteiger partial charge in [-0.05, 0) is 60.0 Å². The number of aromatic nitrogens is 1. The van der Waals surface area contributed by atoms with Gasteiger partial charge in [0.05, 0.1) is 11.9 Å². The van der Waals surface area contributed by atoms with Gasteiger partial charge >= 0.3 is 0 Å². The second kappa shape index (κ2) is 7.78. The van der Waals surface area contributed by atoms with Crippen molar-refractivity contribution in [2.24, 2.45) is 0 Å². The number of pyridine rings is 1. The molecule has 0 aliphatic rings. The number of hydrogen-bond acceptors (Lipinski definition) is 3. The van der Waals surface area contributed by atoms with Crippen LogP contribution in [0.5, 0.6) is 0 Å². The minimum absolute atomic E-state index is 0.331. The smallest absolute Gasteiger partial charge is 0.256 e. The summed E-state index contributed by atoms with van der Waals surface area (Å²) in [6.07, 6.45) is 1.65. The Kier molecular flexibility index (Phi) is 5.27. The fraction of sp³-hybridized carbons (Fsp3) is 0.143. The van der Waals surface area contributed by atoms with Gasteiger partial charge in [-0.2, -0.15) is 0 Å². The summed E-state index contributed by atoms with van der Waals surface area (Å²) in [5, 5.41) is 5.96. The first kappa shape index (κ1) is 17.6. The third-order valence-electron chi connectivity index (χ3n) is 3.98. The third kappa shape index (κ3) is 4.45. The van der Waals surface area contributed by atoms with Crippen molar-refractivity contribution in [2.75, 3.05) is 10.6 Å². The summed E-state index contributed by atoms with van der Waals surface area (Å²) in [5.41, 5.74) is 3.45. The minimum Gasteiger partial charge on any atom is -0.354 e. The van der Waals surface area contributed by atoms with Crippen LogP contribution >= 0.6 is 0 Å². The molecule has 0 saturated carbocycles. The molecule has 5 heteroatoms. The Morgan fingerprint density at radius 2 is 1.58 bits per heavy atom. The zero-order chi connectivity index (χ0) is 18.5. The zero-order valence-electron chi connectivity index (χ0n) is 14.7. The topological polar surface area (TPSA) is 54.0 Å². The van der Waals surface area contributed by atoms with Crippen molar-refractivity contribution in [3.05, 3.63) is 83.8 Å². The van der Waals surface area contributed by atoms with Gasteiger partial charge < -0.3 is 10.6 Å². The molecule has 1 aromatic heterocycles. The molecule has 1 amide bonds. The Morgan fingerprint density at radius 1 is 0.923 bits per heavy atom. The Morgan fingerprint density at radius 3 is 2.15 bits per heavy atom. The molecule has 0 saturated heterocycles. The number of rotatable bonds is 5. The van der Waals surface area contributed by atoms with Crippen LogP contribution in [0.4, 0.5) is 21.6 Å². The van der Waals surface area contributed by atoms with Gasteiger partial charge in [0, 0.05) is 11.3 Å². The van der Waals surface area contributed by atoms with Gasteiger partial charge in [0.25, 0.3) is 5.91 Å². The third-order valence-corrected chi connectivity index (χ3v) is 3.98. The van der Waals surface area contributed by atoms with Crippen LogP contribution in [0.25, 0.3) is 0 Å². The lowest BCUT2D eigenvalue weighted by Gasteiger charge is -2.10. The molecule has 0 bridgehead atoms. The molecule has 0 radical (unpaired) electrons. The van der Waals surface area contributed by atoms with Gasteiger partial charge in [-0.1, -0.05) is 26.0 Å². The Hall–Kier alpha value is -3.21. The highest BCUT2D eigenvalue weighted by atomic mass is 19.1. The van der Waals surface area contributed by atoms with Gasteiger partial charge in [-0.3, -0.25) is 4.79 Å². The van der Waals surface area contributed by atoms with E-state index in [0.717, 1.165) is 11.4 Å². The first-order chi connectivity index (χ1) is 12.5. The summed E-state index contributed by atoms with van der Waals surface area (Å²) in [4.78, 5) is 16.3. The predicted molar refractivity (Wildman–Crippen MR) is 102 cm³/mol. The standard InChI is InChI=1S/C21H20FN3O/c1-14(2)15-5-9-18(10-6-15)24-19-11-12-20(23-13-19)25-21(26)16-3-7-17(22)8-4-16/h3-14,24H,1-2H3,(H,23,25,26). The normalized spacial score (nSPS) is 10.6. The van der Waals surface area contributed by atoms with E-state index in [1.807, 2.05) is 18.2 Å². The van der Waals surface area contributed by atoms with Crippen molar-refractivity contribution in [1.29, 1.82) is 0 Å². The number of nitrogens with one attached hydrogen (secondary N) is 2. The molecule has 26 heavy (non-hydrogen) atoms. The maximum absolute atomic E-state index is 12.9. The summed E-state index contributed by atoms with van der Waals surface area (Å²) < 4.78 is 12.9. The minimum atomic E-state index is -0.378. The largest absolute Gasteiger partial charge is 0.354 e. The van der Waals surface area contributed by atoms with E-state index in [1.54, 1.807) is 12.3 Å². The molecule has 0 aliphatic heterocycles. The predicted octanol–water partition coefficient (Wildman–Crippen LogP) is 5.34. The maximum Gasteiger partial charge on any atom is 0.256 e. The van der Waals surface area contributed by atoms with Gasteiger partial charge in [-0.15, -0.1) is 0 Å². The van der Waals surface area contributed by atoms with E-state index < -0.39 is 0 Å². The second-order valence-corrected chi connectivity index (χ2v) is 6.29. The SMILES string of the molecule is CC(C)c1ccc(Nc2ccc(NC(=O)c3ccc(F)cc3)nc2)cc1. The van der Waals surface area contributed by atoms with Gasteiger partial charge in [0.15, 0.2) is 0 Å². The van der Waals surface area contributed by atoms with E-state index in [4.69, 9.17) is 0 Å². The molecule has 3 rings (SSSR count). The summed E-state index contributed by atoms with van der Waals surface area (Å²) in [6.45, 7) is 4.32. The molecule has 0 spiro atoms. The number of halogens is 1. The summed E-state index contributed by atoms with van der Waals surface area (Å²) >= 11 is 0. The Labute approximate surface area is 152 Å². The van der Waals surface area contributed by atoms with Crippen molar-refractivity contribution in [2.45, 2.75) is 19.8 Å². The second-order valence-electron chi connectivity index (χ2n) is 6.29. The molecule has 2 aromatic carbocycles. The van der Waals surface area contributed by atoms with Crippen molar-refractivity contribution < 1.29 is 9.18 Å². The number of anilines is 3. The monoisotopic (exact) mass is 349 g/mol. The lowest BCUT2D eigenvalue weighted by molar-refractivity contribution is 0.102. The Bertz CT molecular complexity index is 873. The van der Waals surface area contributed by atoms with Gasteiger partial charge in [-0.25, -0.2) is 9.37 Å². The van der Waals surface area contributed by atoms with E-state index in [2.05, 4.69) is 41.6 Å². The average Bonchev–Trinajstić information content (AvgIpc) is 2.64. The van der Waals surface area contributed by atoms with E-state index in [9.17, 15) is 9.18 Å². The molecule has 2 N–H and O–H groups in total. The van der Waals surface area contributed by atoms with Gasteiger partial charge in [0.1, 0.15) is 11.6 Å². The van der Waals surface area contributed by atoms with Gasteiger partial charge in [0.2, 0.25) is 0 Å². The average molecular weight is 349 g/mol. The van der Waals surface area contributed by atoms with Crippen LogP contribution in [-0.2, 0) is 0 Å². The number of hydrogen-bond donors (Lipinski definition) is 2. The number of nitrogens with zero attached hydrogens (tertiary/aromatic N) is 1. The quantitative estimate of drug-likeness (QED) is 0.654. The summed E-state index contributed by atoms with van der Waals surface area (Å²) in [5.74, 6) is 0.216. The van der Waals surface area contributed by atoms with Crippen LogP contribution in [0, 0.1) is 5.82 Å². The van der Waals surface area contributed by atoms with E-state index in [0.29, 0.717) is 17.3 Å². The van der Waals surface area contributed by atoms with Crippen LogP contribution in [0.2, 0.25) is 0 Å². The van der Waals surface area contributed by atoms with Crippen molar-refractivity contribution >= 4 is 23.1 Å². The fourth-order valence-electron chi connectivity index (χ4n) is 2.45. The Balaban J connectivity index is 1.62. The highest BCUT2D eigenvalue weighted by Crippen LogP contribution is 2.21. The van der Waals surface area contributed by atoms with Crippen LogP contribution in [0.3, 0.4) is 0 Å². The molecule has 1 heterocycles. The summed E-state index contributed by atoms with van der Waals surface area (Å²) in [6, 6.07) is 17.2. The van der Waals surface area contributed by atoms with E-state index >= 15 is 0 Å². The molecule has 0 aliphatic carbocycles. The van der Waals surface area contributed by atoms with Crippen LogP contribution in [0.15, 0.2) is 66.9 Å². The first-order valence-electron chi connectivity index (χ1n) is 8.41. The highest BCUT2D eigenvalue weighted by molar-refractivity contribution is 6.03. The van der Waals surface area contributed by atoms with Crippen molar-refractivity contribution in [1.82, 2.24) is 4.98 Å². The van der Waals surface area contributed by atoms with Crippen molar-refractivity contribution in [3.63, 3.8) is 0 Å². The molecule has 0 fully saturated rings. The lowest BCUT2D eigenvalue weighted by atomic mass is 10.0. The number of amides is 1. The molecular formula is C21H20FN3O. The molecular weight excluding hydrogens is 329 g/mol. The highest BCUT2D eigenvalue weighted by Gasteiger charge is 2.07. The molecule has 132 valence electrons.